The second-order valence-corrected chi connectivity index (χ2v) is 4.05. The first-order valence-electron chi connectivity index (χ1n) is 5.87. The standard InChI is InChI=1S/C14H13NO5/c1-9(16)15-11-4-2-3-5-12(11)20-8-10-6-7-19-13(10)14(17)18/h2-7H,8H2,1H3,(H,15,16)(H,17,18). The predicted molar refractivity (Wildman–Crippen MR) is 70.7 cm³/mol. The van der Waals surface area contributed by atoms with Crippen molar-refractivity contribution in [1.29, 1.82) is 0 Å². The molecule has 1 heterocycles. The lowest BCUT2D eigenvalue weighted by atomic mass is 10.2. The van der Waals surface area contributed by atoms with Crippen molar-refractivity contribution in [3.63, 3.8) is 0 Å². The number of benzene rings is 1. The molecule has 0 fully saturated rings. The Balaban J connectivity index is 2.13. The highest BCUT2D eigenvalue weighted by molar-refractivity contribution is 5.90. The molecule has 6 heteroatoms. The van der Waals surface area contributed by atoms with E-state index in [-0.39, 0.29) is 18.3 Å². The van der Waals surface area contributed by atoms with Gasteiger partial charge in [-0.1, -0.05) is 12.1 Å². The van der Waals surface area contributed by atoms with Gasteiger partial charge in [0.25, 0.3) is 0 Å². The summed E-state index contributed by atoms with van der Waals surface area (Å²) in [6.45, 7) is 1.43. The van der Waals surface area contributed by atoms with E-state index >= 15 is 0 Å². The van der Waals surface area contributed by atoms with Crippen LogP contribution in [0.2, 0.25) is 0 Å². The minimum absolute atomic E-state index is 0.0364. The lowest BCUT2D eigenvalue weighted by Crippen LogP contribution is -2.08. The van der Waals surface area contributed by atoms with Gasteiger partial charge in [0, 0.05) is 12.5 Å². The van der Waals surface area contributed by atoms with Crippen LogP contribution in [0.25, 0.3) is 0 Å². The molecule has 20 heavy (non-hydrogen) atoms. The second-order valence-electron chi connectivity index (χ2n) is 4.05. The molecule has 104 valence electrons. The minimum atomic E-state index is -1.15. The van der Waals surface area contributed by atoms with E-state index in [1.54, 1.807) is 24.3 Å². The Labute approximate surface area is 115 Å². The van der Waals surface area contributed by atoms with Crippen molar-refractivity contribution in [3.8, 4) is 5.75 Å². The molecule has 0 saturated heterocycles. The molecule has 2 N–H and O–H groups in total. The molecule has 0 saturated carbocycles. The number of carboxylic acids is 1. The van der Waals surface area contributed by atoms with Crippen LogP contribution in [-0.4, -0.2) is 17.0 Å². The smallest absolute Gasteiger partial charge is 0.372 e. The first kappa shape index (κ1) is 13.7. The number of anilines is 1. The quantitative estimate of drug-likeness (QED) is 0.875. The molecule has 0 radical (unpaired) electrons. The van der Waals surface area contributed by atoms with Gasteiger partial charge in [-0.15, -0.1) is 0 Å². The van der Waals surface area contributed by atoms with Gasteiger partial charge in [-0.25, -0.2) is 4.79 Å². The van der Waals surface area contributed by atoms with Crippen LogP contribution in [0.4, 0.5) is 5.69 Å². The number of hydrogen-bond acceptors (Lipinski definition) is 4. The summed E-state index contributed by atoms with van der Waals surface area (Å²) in [6, 6.07) is 8.44. The Morgan fingerprint density at radius 1 is 1.30 bits per heavy atom. The van der Waals surface area contributed by atoms with E-state index in [0.717, 1.165) is 0 Å². The number of para-hydroxylation sites is 2. The number of carbonyl (C=O) groups is 2. The molecule has 6 nitrogen and oxygen atoms in total. The van der Waals surface area contributed by atoms with Gasteiger partial charge in [-0.3, -0.25) is 4.79 Å². The molecular formula is C14H13NO5. The van der Waals surface area contributed by atoms with E-state index in [9.17, 15) is 9.59 Å². The van der Waals surface area contributed by atoms with Crippen LogP contribution in [0.15, 0.2) is 41.0 Å². The monoisotopic (exact) mass is 275 g/mol. The Kier molecular flexibility index (Phi) is 4.05. The van der Waals surface area contributed by atoms with Crippen LogP contribution in [-0.2, 0) is 11.4 Å². The summed E-state index contributed by atoms with van der Waals surface area (Å²) in [6.07, 6.45) is 1.29. The van der Waals surface area contributed by atoms with Gasteiger partial charge < -0.3 is 19.6 Å². The van der Waals surface area contributed by atoms with Crippen LogP contribution in [0.3, 0.4) is 0 Å². The molecule has 0 aliphatic heterocycles. The number of amides is 1. The first-order valence-corrected chi connectivity index (χ1v) is 5.87. The lowest BCUT2D eigenvalue weighted by molar-refractivity contribution is -0.114. The summed E-state index contributed by atoms with van der Waals surface area (Å²) < 4.78 is 10.4. The van der Waals surface area contributed by atoms with Gasteiger partial charge in [-0.2, -0.15) is 0 Å². The Bertz CT molecular complexity index is 632. The number of carboxylic acid groups (broad SMARTS) is 1. The van der Waals surface area contributed by atoms with Gasteiger partial charge in [0.05, 0.1) is 12.0 Å². The Morgan fingerprint density at radius 3 is 2.75 bits per heavy atom. The molecule has 2 aromatic rings. The zero-order valence-corrected chi connectivity index (χ0v) is 10.8. The average Bonchev–Trinajstić information content (AvgIpc) is 2.85. The topological polar surface area (TPSA) is 88.8 Å². The maximum atomic E-state index is 11.1. The van der Waals surface area contributed by atoms with E-state index < -0.39 is 5.97 Å². The van der Waals surface area contributed by atoms with Crippen LogP contribution in [0, 0.1) is 0 Å². The molecule has 1 amide bonds. The summed E-state index contributed by atoms with van der Waals surface area (Å²) in [5.41, 5.74) is 0.954. The molecular weight excluding hydrogens is 262 g/mol. The highest BCUT2D eigenvalue weighted by atomic mass is 16.5. The fraction of sp³-hybridized carbons (Fsp3) is 0.143. The van der Waals surface area contributed by atoms with E-state index in [1.807, 2.05) is 0 Å². The van der Waals surface area contributed by atoms with Crippen LogP contribution >= 0.6 is 0 Å². The zero-order chi connectivity index (χ0) is 14.5. The van der Waals surface area contributed by atoms with Crippen molar-refractivity contribution in [3.05, 3.63) is 47.9 Å². The molecule has 1 aromatic carbocycles. The molecule has 0 aliphatic carbocycles. The molecule has 0 spiro atoms. The predicted octanol–water partition coefficient (Wildman–Crippen LogP) is 2.52. The largest absolute Gasteiger partial charge is 0.487 e. The molecule has 0 aliphatic rings. The van der Waals surface area contributed by atoms with Gasteiger partial charge in [0.2, 0.25) is 11.7 Å². The van der Waals surface area contributed by atoms with Crippen LogP contribution in [0.5, 0.6) is 5.75 Å². The summed E-state index contributed by atoms with van der Waals surface area (Å²) in [5.74, 6) is -1.05. The number of aromatic carboxylic acids is 1. The second kappa shape index (κ2) is 5.92. The van der Waals surface area contributed by atoms with E-state index in [4.69, 9.17) is 14.3 Å². The minimum Gasteiger partial charge on any atom is -0.487 e. The number of carbonyl (C=O) groups excluding carboxylic acids is 1. The van der Waals surface area contributed by atoms with Crippen LogP contribution in [0.1, 0.15) is 23.0 Å². The van der Waals surface area contributed by atoms with Crippen molar-refractivity contribution >= 4 is 17.6 Å². The summed E-state index contributed by atoms with van der Waals surface area (Å²) in [7, 11) is 0. The van der Waals surface area contributed by atoms with E-state index in [2.05, 4.69) is 5.32 Å². The summed E-state index contributed by atoms with van der Waals surface area (Å²) in [4.78, 5) is 22.0. The van der Waals surface area contributed by atoms with E-state index in [0.29, 0.717) is 17.0 Å². The SMILES string of the molecule is CC(=O)Nc1ccccc1OCc1ccoc1C(=O)O. The lowest BCUT2D eigenvalue weighted by Gasteiger charge is -2.11. The number of ether oxygens (including phenoxy) is 1. The van der Waals surface area contributed by atoms with Gasteiger partial charge in [0.15, 0.2) is 0 Å². The van der Waals surface area contributed by atoms with Gasteiger partial charge in [-0.05, 0) is 18.2 Å². The third-order valence-electron chi connectivity index (χ3n) is 2.52. The van der Waals surface area contributed by atoms with E-state index in [1.165, 1.54) is 19.3 Å². The number of furan rings is 1. The molecule has 2 rings (SSSR count). The van der Waals surface area contributed by atoms with Crippen molar-refractivity contribution in [2.75, 3.05) is 5.32 Å². The fourth-order valence-corrected chi connectivity index (χ4v) is 1.68. The van der Waals surface area contributed by atoms with Gasteiger partial charge in [0.1, 0.15) is 12.4 Å². The average molecular weight is 275 g/mol. The third kappa shape index (κ3) is 3.17. The summed E-state index contributed by atoms with van der Waals surface area (Å²) in [5, 5.41) is 11.6. The van der Waals surface area contributed by atoms with Gasteiger partial charge >= 0.3 is 5.97 Å². The van der Waals surface area contributed by atoms with Crippen molar-refractivity contribution in [1.82, 2.24) is 0 Å². The van der Waals surface area contributed by atoms with Crippen molar-refractivity contribution < 1.29 is 23.8 Å². The van der Waals surface area contributed by atoms with Crippen LogP contribution < -0.4 is 10.1 Å². The molecule has 0 atom stereocenters. The fourth-order valence-electron chi connectivity index (χ4n) is 1.68. The maximum absolute atomic E-state index is 11.1. The highest BCUT2D eigenvalue weighted by Gasteiger charge is 2.15. The molecule has 0 unspecified atom stereocenters. The highest BCUT2D eigenvalue weighted by Crippen LogP contribution is 2.25. The van der Waals surface area contributed by atoms with Crippen molar-refractivity contribution in [2.24, 2.45) is 0 Å². The van der Waals surface area contributed by atoms with Crippen molar-refractivity contribution in [2.45, 2.75) is 13.5 Å². The normalized spacial score (nSPS) is 10.1. The molecule has 1 aromatic heterocycles. The zero-order valence-electron chi connectivity index (χ0n) is 10.8. The number of hydrogen-bond donors (Lipinski definition) is 2. The Hall–Kier alpha value is -2.76. The maximum Gasteiger partial charge on any atom is 0.372 e. The number of nitrogens with one attached hydrogen (secondary N) is 1. The number of rotatable bonds is 5. The molecule has 0 bridgehead atoms. The first-order chi connectivity index (χ1) is 9.58. The Morgan fingerprint density at radius 2 is 2.05 bits per heavy atom. The third-order valence-corrected chi connectivity index (χ3v) is 2.52. The summed E-state index contributed by atoms with van der Waals surface area (Å²) >= 11 is 0.